The summed E-state index contributed by atoms with van der Waals surface area (Å²) < 4.78 is 5.54. The molecule has 1 heterocycles. The predicted octanol–water partition coefficient (Wildman–Crippen LogP) is 3.15. The Morgan fingerprint density at radius 1 is 1.33 bits per heavy atom. The quantitative estimate of drug-likeness (QED) is 0.668. The van der Waals surface area contributed by atoms with Crippen LogP contribution in [-0.2, 0) is 0 Å². The molecule has 2 N–H and O–H groups in total. The van der Waals surface area contributed by atoms with Gasteiger partial charge in [0.25, 0.3) is 5.69 Å². The molecule has 108 valence electrons. The molecule has 0 aromatic heterocycles. The van der Waals surface area contributed by atoms with Gasteiger partial charge in [0.05, 0.1) is 11.0 Å². The predicted molar refractivity (Wildman–Crippen MR) is 77.8 cm³/mol. The molecule has 0 bridgehead atoms. The van der Waals surface area contributed by atoms with Crippen LogP contribution in [0.2, 0.25) is 0 Å². The van der Waals surface area contributed by atoms with Gasteiger partial charge in [-0.1, -0.05) is 0 Å². The molecule has 0 amide bonds. The first-order valence-electron chi connectivity index (χ1n) is 6.52. The van der Waals surface area contributed by atoms with Crippen molar-refractivity contribution in [2.45, 2.75) is 13.0 Å². The number of hydrogen-bond donors (Lipinski definition) is 2. The number of nitrogens with zero attached hydrogens (tertiary/aromatic N) is 1. The Morgan fingerprint density at radius 3 is 2.86 bits per heavy atom. The summed E-state index contributed by atoms with van der Waals surface area (Å²) in [7, 11) is 0. The van der Waals surface area contributed by atoms with Crippen LogP contribution in [0.25, 0.3) is 0 Å². The van der Waals surface area contributed by atoms with Crippen molar-refractivity contribution in [3.8, 4) is 11.5 Å². The first kappa shape index (κ1) is 13.2. The number of ether oxygens (including phenoxy) is 1. The molecule has 3 rings (SSSR count). The van der Waals surface area contributed by atoms with Gasteiger partial charge in [-0.15, -0.1) is 0 Å². The summed E-state index contributed by atoms with van der Waals surface area (Å²) in [6.07, 6.45) is 0. The normalized spacial score (nSPS) is 16.1. The molecule has 2 aromatic rings. The molecule has 0 aliphatic carbocycles. The average Bonchev–Trinajstić information content (AvgIpc) is 2.83. The molecule has 6 nitrogen and oxygen atoms in total. The minimum atomic E-state index is -0.409. The molecular formula is C15H14N2O4. The number of hydrogen-bond acceptors (Lipinski definition) is 5. The van der Waals surface area contributed by atoms with Crippen LogP contribution >= 0.6 is 0 Å². The van der Waals surface area contributed by atoms with Crippen molar-refractivity contribution < 1.29 is 14.8 Å². The first-order chi connectivity index (χ1) is 10.0. The maximum absolute atomic E-state index is 10.7. The van der Waals surface area contributed by atoms with Crippen LogP contribution in [0.4, 0.5) is 11.4 Å². The number of anilines is 1. The molecule has 21 heavy (non-hydrogen) atoms. The zero-order valence-electron chi connectivity index (χ0n) is 11.4. The third-order valence-corrected chi connectivity index (χ3v) is 3.53. The molecule has 1 atom stereocenters. The summed E-state index contributed by atoms with van der Waals surface area (Å²) in [5.41, 5.74) is 2.67. The van der Waals surface area contributed by atoms with Crippen molar-refractivity contribution in [1.29, 1.82) is 0 Å². The Kier molecular flexibility index (Phi) is 3.13. The second-order valence-electron chi connectivity index (χ2n) is 4.99. The van der Waals surface area contributed by atoms with E-state index < -0.39 is 4.92 Å². The molecule has 1 aliphatic heterocycles. The first-order valence-corrected chi connectivity index (χ1v) is 6.52. The molecule has 1 aliphatic rings. The van der Waals surface area contributed by atoms with Crippen LogP contribution in [-0.4, -0.2) is 16.6 Å². The molecule has 0 fully saturated rings. The number of fused-ring (bicyclic) bond motifs is 1. The van der Waals surface area contributed by atoms with Gasteiger partial charge in [0.15, 0.2) is 0 Å². The summed E-state index contributed by atoms with van der Waals surface area (Å²) in [5.74, 6) is 0.827. The van der Waals surface area contributed by atoms with Crippen molar-refractivity contribution in [1.82, 2.24) is 0 Å². The number of nitro benzene ring substituents is 1. The number of aromatic hydroxyl groups is 1. The highest BCUT2D eigenvalue weighted by Gasteiger charge is 2.25. The zero-order chi connectivity index (χ0) is 15.0. The highest BCUT2D eigenvalue weighted by molar-refractivity contribution is 5.58. The maximum Gasteiger partial charge on any atom is 0.269 e. The van der Waals surface area contributed by atoms with E-state index in [1.54, 1.807) is 18.2 Å². The molecule has 1 unspecified atom stereocenters. The lowest BCUT2D eigenvalue weighted by atomic mass is 10.1. The molecule has 6 heteroatoms. The number of aryl methyl sites for hydroxylation is 1. The van der Waals surface area contributed by atoms with Crippen LogP contribution in [0.5, 0.6) is 11.5 Å². The molecule has 0 radical (unpaired) electrons. The summed E-state index contributed by atoms with van der Waals surface area (Å²) in [6, 6.07) is 9.69. The van der Waals surface area contributed by atoms with E-state index in [9.17, 15) is 15.2 Å². The number of nitro groups is 1. The van der Waals surface area contributed by atoms with Gasteiger partial charge < -0.3 is 15.2 Å². The number of phenolic OH excluding ortho intramolecular Hbond substituents is 1. The largest absolute Gasteiger partial charge is 0.508 e. The summed E-state index contributed by atoms with van der Waals surface area (Å²) in [5, 5.41) is 23.5. The smallest absolute Gasteiger partial charge is 0.269 e. The van der Waals surface area contributed by atoms with Crippen molar-refractivity contribution >= 4 is 11.4 Å². The van der Waals surface area contributed by atoms with Crippen LogP contribution < -0.4 is 10.1 Å². The number of phenols is 1. The Bertz CT molecular complexity index is 715. The third-order valence-electron chi connectivity index (χ3n) is 3.53. The lowest BCUT2D eigenvalue weighted by Crippen LogP contribution is -2.12. The third kappa shape index (κ3) is 2.47. The van der Waals surface area contributed by atoms with Gasteiger partial charge in [0.1, 0.15) is 18.1 Å². The van der Waals surface area contributed by atoms with Crippen LogP contribution in [0.1, 0.15) is 17.2 Å². The average molecular weight is 286 g/mol. The Morgan fingerprint density at radius 2 is 2.14 bits per heavy atom. The van der Waals surface area contributed by atoms with Gasteiger partial charge in [-0.05, 0) is 30.7 Å². The van der Waals surface area contributed by atoms with E-state index in [1.807, 2.05) is 13.0 Å². The second-order valence-corrected chi connectivity index (χ2v) is 4.99. The number of benzene rings is 2. The lowest BCUT2D eigenvalue weighted by molar-refractivity contribution is -0.384. The van der Waals surface area contributed by atoms with Gasteiger partial charge in [-0.25, -0.2) is 0 Å². The Balaban J connectivity index is 1.84. The highest BCUT2D eigenvalue weighted by Crippen LogP contribution is 2.37. The fourth-order valence-electron chi connectivity index (χ4n) is 2.43. The Labute approximate surface area is 121 Å². The highest BCUT2D eigenvalue weighted by atomic mass is 16.6. The van der Waals surface area contributed by atoms with E-state index in [0.717, 1.165) is 16.8 Å². The minimum Gasteiger partial charge on any atom is -0.508 e. The topological polar surface area (TPSA) is 84.6 Å². The van der Waals surface area contributed by atoms with Gasteiger partial charge in [-0.3, -0.25) is 10.1 Å². The van der Waals surface area contributed by atoms with E-state index in [2.05, 4.69) is 5.32 Å². The number of nitrogens with one attached hydrogen (secondary N) is 1. The molecule has 0 saturated heterocycles. The fourth-order valence-corrected chi connectivity index (χ4v) is 2.43. The van der Waals surface area contributed by atoms with E-state index in [0.29, 0.717) is 12.4 Å². The molecule has 0 saturated carbocycles. The number of rotatable bonds is 3. The van der Waals surface area contributed by atoms with Crippen molar-refractivity contribution in [2.75, 3.05) is 11.9 Å². The van der Waals surface area contributed by atoms with Crippen LogP contribution in [0.3, 0.4) is 0 Å². The van der Waals surface area contributed by atoms with E-state index in [1.165, 1.54) is 12.1 Å². The lowest BCUT2D eigenvalue weighted by Gasteiger charge is -2.15. The van der Waals surface area contributed by atoms with Gasteiger partial charge in [0.2, 0.25) is 0 Å². The van der Waals surface area contributed by atoms with Crippen LogP contribution in [0, 0.1) is 17.0 Å². The molecular weight excluding hydrogens is 272 g/mol. The van der Waals surface area contributed by atoms with E-state index >= 15 is 0 Å². The van der Waals surface area contributed by atoms with Gasteiger partial charge in [-0.2, -0.15) is 0 Å². The van der Waals surface area contributed by atoms with Crippen LogP contribution in [0.15, 0.2) is 36.4 Å². The van der Waals surface area contributed by atoms with Crippen molar-refractivity contribution in [3.05, 3.63) is 57.6 Å². The minimum absolute atomic E-state index is 0.0410. The monoisotopic (exact) mass is 286 g/mol. The zero-order valence-corrected chi connectivity index (χ0v) is 11.4. The SMILES string of the molecule is Cc1cc([N+](=O)[O-])ccc1NC1COc2cc(O)ccc21. The fraction of sp³-hybridized carbons (Fsp3) is 0.200. The summed E-state index contributed by atoms with van der Waals surface area (Å²) >= 11 is 0. The van der Waals surface area contributed by atoms with Crippen molar-refractivity contribution in [2.24, 2.45) is 0 Å². The maximum atomic E-state index is 10.7. The number of non-ortho nitro benzene ring substituents is 1. The van der Waals surface area contributed by atoms with E-state index in [-0.39, 0.29) is 17.5 Å². The van der Waals surface area contributed by atoms with E-state index in [4.69, 9.17) is 4.74 Å². The van der Waals surface area contributed by atoms with Gasteiger partial charge in [0, 0.05) is 29.4 Å². The summed E-state index contributed by atoms with van der Waals surface area (Å²) in [6.45, 7) is 2.28. The van der Waals surface area contributed by atoms with Crippen molar-refractivity contribution in [3.63, 3.8) is 0 Å². The molecule has 0 spiro atoms. The Hall–Kier alpha value is -2.76. The second kappa shape index (κ2) is 4.97. The van der Waals surface area contributed by atoms with Gasteiger partial charge >= 0.3 is 0 Å². The molecule has 2 aromatic carbocycles. The summed E-state index contributed by atoms with van der Waals surface area (Å²) in [4.78, 5) is 10.3. The standard InChI is InChI=1S/C15H14N2O4/c1-9-6-10(17(19)20)2-5-13(9)16-14-8-21-15-7-11(18)3-4-12(14)15/h2-7,14,16,18H,8H2,1H3.